The summed E-state index contributed by atoms with van der Waals surface area (Å²) in [7, 11) is 1.56. The van der Waals surface area contributed by atoms with Crippen LogP contribution in [0.15, 0.2) is 42.5 Å². The van der Waals surface area contributed by atoms with Gasteiger partial charge < -0.3 is 14.6 Å². The van der Waals surface area contributed by atoms with Crippen molar-refractivity contribution < 1.29 is 14.6 Å². The van der Waals surface area contributed by atoms with E-state index in [2.05, 4.69) is 6.07 Å². The van der Waals surface area contributed by atoms with Gasteiger partial charge in [0.05, 0.1) is 12.7 Å². The molecule has 0 aliphatic carbocycles. The van der Waals surface area contributed by atoms with E-state index in [9.17, 15) is 0 Å². The van der Waals surface area contributed by atoms with Crippen LogP contribution in [0.25, 0.3) is 0 Å². The average Bonchev–Trinajstić information content (AvgIpc) is 2.49. The number of nitriles is 1. The van der Waals surface area contributed by atoms with Gasteiger partial charge in [0, 0.05) is 12.7 Å². The van der Waals surface area contributed by atoms with Gasteiger partial charge in [-0.1, -0.05) is 12.1 Å². The fourth-order valence-corrected chi connectivity index (χ4v) is 1.79. The molecule has 0 saturated carbocycles. The SMILES string of the molecule is COc1ccc(C#N)c(Oc2ccc(CCO)cc2)c1. The van der Waals surface area contributed by atoms with Gasteiger partial charge in [-0.2, -0.15) is 5.26 Å². The number of ether oxygens (including phenoxy) is 2. The van der Waals surface area contributed by atoms with Crippen molar-refractivity contribution in [2.45, 2.75) is 6.42 Å². The summed E-state index contributed by atoms with van der Waals surface area (Å²) in [5, 5.41) is 17.9. The molecule has 0 unspecified atom stereocenters. The number of methoxy groups -OCH3 is 1. The van der Waals surface area contributed by atoms with E-state index in [4.69, 9.17) is 19.8 Å². The smallest absolute Gasteiger partial charge is 0.148 e. The summed E-state index contributed by atoms with van der Waals surface area (Å²) < 4.78 is 10.8. The van der Waals surface area contributed by atoms with Crippen LogP contribution < -0.4 is 9.47 Å². The fraction of sp³-hybridized carbons (Fsp3) is 0.188. The summed E-state index contributed by atoms with van der Waals surface area (Å²) in [6.45, 7) is 0.120. The van der Waals surface area contributed by atoms with E-state index in [1.165, 1.54) is 0 Å². The molecule has 20 heavy (non-hydrogen) atoms. The van der Waals surface area contributed by atoms with Crippen LogP contribution in [-0.4, -0.2) is 18.8 Å². The van der Waals surface area contributed by atoms with Crippen LogP contribution in [0.2, 0.25) is 0 Å². The van der Waals surface area contributed by atoms with E-state index < -0.39 is 0 Å². The van der Waals surface area contributed by atoms with Gasteiger partial charge in [0.15, 0.2) is 0 Å². The zero-order chi connectivity index (χ0) is 14.4. The van der Waals surface area contributed by atoms with Crippen LogP contribution in [-0.2, 0) is 6.42 Å². The number of aliphatic hydroxyl groups is 1. The molecule has 4 heteroatoms. The Morgan fingerprint density at radius 1 is 1.10 bits per heavy atom. The monoisotopic (exact) mass is 269 g/mol. The van der Waals surface area contributed by atoms with Crippen molar-refractivity contribution in [2.75, 3.05) is 13.7 Å². The van der Waals surface area contributed by atoms with E-state index in [-0.39, 0.29) is 6.61 Å². The number of hydrogen-bond acceptors (Lipinski definition) is 4. The van der Waals surface area contributed by atoms with Crippen molar-refractivity contribution in [3.8, 4) is 23.3 Å². The number of aliphatic hydroxyl groups excluding tert-OH is 1. The molecule has 0 aliphatic rings. The molecule has 2 rings (SSSR count). The van der Waals surface area contributed by atoms with Crippen LogP contribution in [0.4, 0.5) is 0 Å². The second kappa shape index (κ2) is 6.60. The van der Waals surface area contributed by atoms with E-state index in [0.29, 0.717) is 29.2 Å². The maximum absolute atomic E-state index is 9.08. The molecule has 0 bridgehead atoms. The molecule has 0 spiro atoms. The molecule has 0 aliphatic heterocycles. The minimum Gasteiger partial charge on any atom is -0.497 e. The number of hydrogen-bond donors (Lipinski definition) is 1. The predicted octanol–water partition coefficient (Wildman–Crippen LogP) is 2.89. The van der Waals surface area contributed by atoms with E-state index in [0.717, 1.165) is 5.56 Å². The Balaban J connectivity index is 2.22. The Morgan fingerprint density at radius 3 is 2.40 bits per heavy atom. The summed E-state index contributed by atoms with van der Waals surface area (Å²) in [6.07, 6.45) is 0.614. The molecular weight excluding hydrogens is 254 g/mol. The van der Waals surface area contributed by atoms with Crippen molar-refractivity contribution in [1.82, 2.24) is 0 Å². The normalized spacial score (nSPS) is 9.85. The molecule has 0 saturated heterocycles. The minimum absolute atomic E-state index is 0.120. The maximum Gasteiger partial charge on any atom is 0.148 e. The highest BCUT2D eigenvalue weighted by Gasteiger charge is 2.07. The van der Waals surface area contributed by atoms with Crippen LogP contribution >= 0.6 is 0 Å². The quantitative estimate of drug-likeness (QED) is 0.906. The van der Waals surface area contributed by atoms with Gasteiger partial charge in [0.2, 0.25) is 0 Å². The lowest BCUT2D eigenvalue weighted by molar-refractivity contribution is 0.299. The van der Waals surface area contributed by atoms with Gasteiger partial charge >= 0.3 is 0 Å². The lowest BCUT2D eigenvalue weighted by Gasteiger charge is -2.09. The highest BCUT2D eigenvalue weighted by atomic mass is 16.5. The molecule has 4 nitrogen and oxygen atoms in total. The Bertz CT molecular complexity index is 615. The molecule has 0 fully saturated rings. The zero-order valence-electron chi connectivity index (χ0n) is 11.2. The number of rotatable bonds is 5. The van der Waals surface area contributed by atoms with Crippen LogP contribution in [0.3, 0.4) is 0 Å². The molecule has 0 amide bonds. The highest BCUT2D eigenvalue weighted by molar-refractivity contribution is 5.49. The molecule has 2 aromatic rings. The Hall–Kier alpha value is -2.51. The Morgan fingerprint density at radius 2 is 1.80 bits per heavy atom. The van der Waals surface area contributed by atoms with Crippen molar-refractivity contribution in [2.24, 2.45) is 0 Å². The molecule has 1 N–H and O–H groups in total. The first-order valence-electron chi connectivity index (χ1n) is 6.22. The van der Waals surface area contributed by atoms with Crippen LogP contribution in [0, 0.1) is 11.3 Å². The van der Waals surface area contributed by atoms with Gasteiger partial charge in [0.25, 0.3) is 0 Å². The van der Waals surface area contributed by atoms with Gasteiger partial charge in [-0.3, -0.25) is 0 Å². The van der Waals surface area contributed by atoms with E-state index in [1.54, 1.807) is 25.3 Å². The molecule has 0 atom stereocenters. The van der Waals surface area contributed by atoms with Gasteiger partial charge in [-0.25, -0.2) is 0 Å². The first-order valence-corrected chi connectivity index (χ1v) is 6.22. The third kappa shape index (κ3) is 3.28. The van der Waals surface area contributed by atoms with Gasteiger partial charge in [-0.05, 0) is 36.2 Å². The van der Waals surface area contributed by atoms with Gasteiger partial charge in [-0.15, -0.1) is 0 Å². The van der Waals surface area contributed by atoms with Crippen LogP contribution in [0.5, 0.6) is 17.2 Å². The summed E-state index contributed by atoms with van der Waals surface area (Å²) in [6, 6.07) is 14.5. The predicted molar refractivity (Wildman–Crippen MR) is 75.0 cm³/mol. The summed E-state index contributed by atoms with van der Waals surface area (Å²) in [5.41, 5.74) is 1.48. The van der Waals surface area contributed by atoms with Gasteiger partial charge in [0.1, 0.15) is 23.3 Å². The molecular formula is C16H15NO3. The largest absolute Gasteiger partial charge is 0.497 e. The number of nitrogens with zero attached hydrogens (tertiary/aromatic N) is 1. The Labute approximate surface area is 117 Å². The molecule has 102 valence electrons. The lowest BCUT2D eigenvalue weighted by Crippen LogP contribution is -1.92. The van der Waals surface area contributed by atoms with Crippen molar-refractivity contribution >= 4 is 0 Å². The Kier molecular flexibility index (Phi) is 4.59. The van der Waals surface area contributed by atoms with Crippen molar-refractivity contribution in [3.63, 3.8) is 0 Å². The zero-order valence-corrected chi connectivity index (χ0v) is 11.2. The third-order valence-corrected chi connectivity index (χ3v) is 2.86. The van der Waals surface area contributed by atoms with E-state index >= 15 is 0 Å². The topological polar surface area (TPSA) is 62.5 Å². The molecule has 0 heterocycles. The van der Waals surface area contributed by atoms with Crippen molar-refractivity contribution in [3.05, 3.63) is 53.6 Å². The summed E-state index contributed by atoms with van der Waals surface area (Å²) in [5.74, 6) is 1.73. The standard InChI is InChI=1S/C16H15NO3/c1-19-15-7-4-13(11-17)16(10-15)20-14-5-2-12(3-6-14)8-9-18/h2-7,10,18H,8-9H2,1H3. The summed E-state index contributed by atoms with van der Waals surface area (Å²) in [4.78, 5) is 0. The second-order valence-corrected chi connectivity index (χ2v) is 4.19. The second-order valence-electron chi connectivity index (χ2n) is 4.19. The third-order valence-electron chi connectivity index (χ3n) is 2.86. The molecule has 0 aromatic heterocycles. The first-order chi connectivity index (χ1) is 9.76. The highest BCUT2D eigenvalue weighted by Crippen LogP contribution is 2.29. The number of benzene rings is 2. The molecule has 2 aromatic carbocycles. The average molecular weight is 269 g/mol. The minimum atomic E-state index is 0.120. The first kappa shape index (κ1) is 13.9. The molecule has 0 radical (unpaired) electrons. The summed E-state index contributed by atoms with van der Waals surface area (Å²) >= 11 is 0. The fourth-order valence-electron chi connectivity index (χ4n) is 1.79. The van der Waals surface area contributed by atoms with Crippen molar-refractivity contribution in [1.29, 1.82) is 5.26 Å². The van der Waals surface area contributed by atoms with Crippen LogP contribution in [0.1, 0.15) is 11.1 Å². The lowest BCUT2D eigenvalue weighted by atomic mass is 10.1. The van der Waals surface area contributed by atoms with E-state index in [1.807, 2.05) is 24.3 Å². The maximum atomic E-state index is 9.08.